The van der Waals surface area contributed by atoms with Crippen molar-refractivity contribution in [2.24, 2.45) is 10.7 Å². The molecule has 2 heterocycles. The molecule has 0 bridgehead atoms. The van der Waals surface area contributed by atoms with Crippen molar-refractivity contribution >= 4 is 41.5 Å². The Balaban J connectivity index is 0.000000448. The SMILES string of the molecule is CCCCc1ccccc1.CCCN(CCC)C(=O)C1=Cc2ccc(C(=O)Nc3cncc(CNC=O)c3)cc2N=C(N)C1. The molecule has 0 aliphatic carbocycles. The van der Waals surface area contributed by atoms with E-state index in [0.29, 0.717) is 54.4 Å². The fourth-order valence-corrected chi connectivity index (χ4v) is 4.77. The number of fused-ring (bicyclic) bond motifs is 1. The fourth-order valence-electron chi connectivity index (χ4n) is 4.77. The Kier molecular flexibility index (Phi) is 13.8. The van der Waals surface area contributed by atoms with Gasteiger partial charge in [0.05, 0.1) is 17.6 Å². The van der Waals surface area contributed by atoms with E-state index in [-0.39, 0.29) is 18.2 Å². The minimum Gasteiger partial charge on any atom is -0.387 e. The first kappa shape index (κ1) is 33.7. The van der Waals surface area contributed by atoms with Gasteiger partial charge < -0.3 is 21.3 Å². The number of unbranched alkanes of at least 4 members (excludes halogenated alkanes) is 1. The van der Waals surface area contributed by atoms with E-state index in [9.17, 15) is 14.4 Å². The van der Waals surface area contributed by atoms with Gasteiger partial charge in [-0.05, 0) is 61.1 Å². The number of nitrogens with two attached hydrogens (primary N) is 1. The van der Waals surface area contributed by atoms with Gasteiger partial charge in [0.25, 0.3) is 5.91 Å². The summed E-state index contributed by atoms with van der Waals surface area (Å²) in [6, 6.07) is 17.5. The quantitative estimate of drug-likeness (QED) is 0.207. The number of nitrogens with one attached hydrogen (secondary N) is 2. The first-order chi connectivity index (χ1) is 21.4. The van der Waals surface area contributed by atoms with Gasteiger partial charge in [-0.1, -0.05) is 63.6 Å². The predicted octanol–water partition coefficient (Wildman–Crippen LogP) is 6.03. The van der Waals surface area contributed by atoms with Gasteiger partial charge in [-0.15, -0.1) is 0 Å². The molecular formula is C35H44N6O3. The Hall–Kier alpha value is -4.79. The van der Waals surface area contributed by atoms with Crippen molar-refractivity contribution in [3.63, 3.8) is 0 Å². The van der Waals surface area contributed by atoms with Gasteiger partial charge in [-0.3, -0.25) is 19.4 Å². The van der Waals surface area contributed by atoms with E-state index < -0.39 is 0 Å². The number of rotatable bonds is 13. The lowest BCUT2D eigenvalue weighted by Crippen LogP contribution is -2.34. The third-order valence-corrected chi connectivity index (χ3v) is 6.91. The van der Waals surface area contributed by atoms with Crippen LogP contribution < -0.4 is 16.4 Å². The second-order valence-electron chi connectivity index (χ2n) is 10.6. The Labute approximate surface area is 260 Å². The van der Waals surface area contributed by atoms with Crippen LogP contribution in [-0.2, 0) is 22.6 Å². The zero-order valence-electron chi connectivity index (χ0n) is 26.0. The highest BCUT2D eigenvalue weighted by atomic mass is 16.2. The fraction of sp³-hybridized carbons (Fsp3) is 0.343. The van der Waals surface area contributed by atoms with Gasteiger partial charge in [0, 0.05) is 49.0 Å². The molecule has 4 N–H and O–H groups in total. The van der Waals surface area contributed by atoms with Gasteiger partial charge in [0.15, 0.2) is 0 Å². The highest BCUT2D eigenvalue weighted by molar-refractivity contribution is 6.07. The van der Waals surface area contributed by atoms with E-state index in [2.05, 4.69) is 57.9 Å². The monoisotopic (exact) mass is 596 g/mol. The summed E-state index contributed by atoms with van der Waals surface area (Å²) in [4.78, 5) is 46.8. The average Bonchev–Trinajstić information content (AvgIpc) is 3.20. The predicted molar refractivity (Wildman–Crippen MR) is 178 cm³/mol. The summed E-state index contributed by atoms with van der Waals surface area (Å²) < 4.78 is 0. The second kappa shape index (κ2) is 18.0. The Bertz CT molecular complexity index is 1450. The summed E-state index contributed by atoms with van der Waals surface area (Å²) in [5.74, 6) is -0.0446. The number of anilines is 1. The first-order valence-corrected chi connectivity index (χ1v) is 15.3. The number of hydrogen-bond acceptors (Lipinski definition) is 6. The second-order valence-corrected chi connectivity index (χ2v) is 10.6. The molecule has 3 aromatic rings. The van der Waals surface area contributed by atoms with E-state index >= 15 is 0 Å². The number of amides is 3. The molecule has 9 nitrogen and oxygen atoms in total. The lowest BCUT2D eigenvalue weighted by atomic mass is 10.0. The molecule has 0 radical (unpaired) electrons. The van der Waals surface area contributed by atoms with E-state index in [1.165, 1.54) is 31.0 Å². The van der Waals surface area contributed by atoms with Crippen LogP contribution in [0.2, 0.25) is 0 Å². The third kappa shape index (κ3) is 10.5. The number of hydrogen-bond donors (Lipinski definition) is 3. The number of aliphatic imine (C=N–C) groups is 1. The number of nitrogens with zero attached hydrogens (tertiary/aromatic N) is 3. The molecule has 1 aromatic heterocycles. The molecule has 0 saturated carbocycles. The van der Waals surface area contributed by atoms with Crippen LogP contribution in [0.3, 0.4) is 0 Å². The van der Waals surface area contributed by atoms with Crippen LogP contribution in [0.25, 0.3) is 6.08 Å². The molecule has 0 atom stereocenters. The van der Waals surface area contributed by atoms with Crippen molar-refractivity contribution in [3.05, 3.63) is 94.8 Å². The molecule has 3 amide bonds. The summed E-state index contributed by atoms with van der Waals surface area (Å²) in [5.41, 5.74) is 11.1. The number of carbonyl (C=O) groups excluding carboxylic acids is 3. The van der Waals surface area contributed by atoms with E-state index in [4.69, 9.17) is 5.73 Å². The Morgan fingerprint density at radius 1 is 0.955 bits per heavy atom. The van der Waals surface area contributed by atoms with E-state index in [1.54, 1.807) is 30.5 Å². The maximum Gasteiger partial charge on any atom is 0.255 e. The zero-order chi connectivity index (χ0) is 31.7. The third-order valence-electron chi connectivity index (χ3n) is 6.91. The van der Waals surface area contributed by atoms with E-state index in [1.807, 2.05) is 24.8 Å². The minimum absolute atomic E-state index is 0.0343. The smallest absolute Gasteiger partial charge is 0.255 e. The molecule has 0 saturated heterocycles. The van der Waals surface area contributed by atoms with Crippen molar-refractivity contribution in [2.75, 3.05) is 18.4 Å². The molecule has 44 heavy (non-hydrogen) atoms. The number of aryl methyl sites for hydroxylation is 1. The zero-order valence-corrected chi connectivity index (χ0v) is 26.0. The van der Waals surface area contributed by atoms with Gasteiger partial charge in [-0.25, -0.2) is 4.99 Å². The number of aromatic nitrogens is 1. The van der Waals surface area contributed by atoms with Crippen LogP contribution >= 0.6 is 0 Å². The summed E-state index contributed by atoms with van der Waals surface area (Å²) in [6.07, 6.45) is 11.4. The Morgan fingerprint density at radius 2 is 1.70 bits per heavy atom. The van der Waals surface area contributed by atoms with Gasteiger partial charge in [-0.2, -0.15) is 0 Å². The first-order valence-electron chi connectivity index (χ1n) is 15.3. The number of amidine groups is 1. The van der Waals surface area contributed by atoms with Crippen molar-refractivity contribution in [3.8, 4) is 0 Å². The van der Waals surface area contributed by atoms with Crippen LogP contribution in [0.5, 0.6) is 0 Å². The summed E-state index contributed by atoms with van der Waals surface area (Å²) in [6.45, 7) is 8.01. The molecule has 1 aliphatic rings. The molecular weight excluding hydrogens is 552 g/mol. The van der Waals surface area contributed by atoms with Crippen molar-refractivity contribution in [1.82, 2.24) is 15.2 Å². The van der Waals surface area contributed by atoms with Crippen molar-refractivity contribution in [2.45, 2.75) is 65.8 Å². The standard InChI is InChI=1S/C25H30N6O3.C10H14/c1-3-7-31(8-4-2)25(34)20-10-18-5-6-19(11-22(18)30-23(26)12-20)24(33)29-21-9-17(13-27-15-21)14-28-16-32;1-2-3-7-10-8-5-4-6-9-10/h5-6,9-11,13,15-16H,3-4,7-8,12,14H2,1-2H3,(H2,26,30)(H,28,32)(H,29,33);4-6,8-9H,2-3,7H2,1H3. The molecule has 4 rings (SSSR count). The summed E-state index contributed by atoms with van der Waals surface area (Å²) in [7, 11) is 0. The average molecular weight is 597 g/mol. The lowest BCUT2D eigenvalue weighted by molar-refractivity contribution is -0.127. The van der Waals surface area contributed by atoms with Crippen LogP contribution in [0.4, 0.5) is 11.4 Å². The van der Waals surface area contributed by atoms with Crippen LogP contribution in [-0.4, -0.2) is 47.0 Å². The largest absolute Gasteiger partial charge is 0.387 e. The Morgan fingerprint density at radius 3 is 2.39 bits per heavy atom. The molecule has 232 valence electrons. The summed E-state index contributed by atoms with van der Waals surface area (Å²) >= 11 is 0. The highest BCUT2D eigenvalue weighted by Gasteiger charge is 2.21. The number of carbonyl (C=O) groups is 3. The molecule has 0 spiro atoms. The van der Waals surface area contributed by atoms with Crippen molar-refractivity contribution in [1.29, 1.82) is 0 Å². The van der Waals surface area contributed by atoms with E-state index in [0.717, 1.165) is 24.0 Å². The molecule has 0 fully saturated rings. The normalized spacial score (nSPS) is 11.9. The van der Waals surface area contributed by atoms with Gasteiger partial charge in [0.1, 0.15) is 5.84 Å². The minimum atomic E-state index is -0.333. The number of benzene rings is 2. The topological polar surface area (TPSA) is 130 Å². The van der Waals surface area contributed by atoms with Crippen molar-refractivity contribution < 1.29 is 14.4 Å². The maximum atomic E-state index is 13.1. The molecule has 9 heteroatoms. The lowest BCUT2D eigenvalue weighted by Gasteiger charge is -2.22. The van der Waals surface area contributed by atoms with Gasteiger partial charge >= 0.3 is 0 Å². The number of pyridine rings is 1. The van der Waals surface area contributed by atoms with Crippen LogP contribution in [0.15, 0.2) is 77.6 Å². The molecule has 2 aromatic carbocycles. The summed E-state index contributed by atoms with van der Waals surface area (Å²) in [5, 5.41) is 5.37. The van der Waals surface area contributed by atoms with Crippen LogP contribution in [0.1, 0.15) is 79.9 Å². The van der Waals surface area contributed by atoms with Gasteiger partial charge in [0.2, 0.25) is 12.3 Å². The van der Waals surface area contributed by atoms with Crippen LogP contribution in [0, 0.1) is 0 Å². The molecule has 0 unspecified atom stereocenters. The molecule has 1 aliphatic heterocycles. The maximum absolute atomic E-state index is 13.1. The highest BCUT2D eigenvalue weighted by Crippen LogP contribution is 2.29.